The second kappa shape index (κ2) is 6.80. The fourth-order valence-corrected chi connectivity index (χ4v) is 3.24. The average Bonchev–Trinajstić information content (AvgIpc) is 3.03. The van der Waals surface area contributed by atoms with Crippen LogP contribution in [0.4, 0.5) is 16.5 Å². The van der Waals surface area contributed by atoms with Crippen LogP contribution in [-0.4, -0.2) is 16.2 Å². The highest BCUT2D eigenvalue weighted by Crippen LogP contribution is 2.29. The van der Waals surface area contributed by atoms with Crippen LogP contribution >= 0.6 is 23.1 Å². The van der Waals surface area contributed by atoms with Crippen molar-refractivity contribution in [2.24, 2.45) is 0 Å². The van der Waals surface area contributed by atoms with Gasteiger partial charge in [0.1, 0.15) is 0 Å². The van der Waals surface area contributed by atoms with Gasteiger partial charge in [-0.2, -0.15) is 0 Å². The second-order valence-electron chi connectivity index (χ2n) is 4.70. The zero-order valence-electron chi connectivity index (χ0n) is 12.2. The van der Waals surface area contributed by atoms with Crippen molar-refractivity contribution in [1.29, 1.82) is 0 Å². The zero-order valence-corrected chi connectivity index (χ0v) is 13.9. The summed E-state index contributed by atoms with van der Waals surface area (Å²) >= 11 is 3.19. The van der Waals surface area contributed by atoms with Crippen molar-refractivity contribution in [1.82, 2.24) is 4.98 Å². The molecule has 7 heteroatoms. The molecule has 0 fully saturated rings. The van der Waals surface area contributed by atoms with Crippen molar-refractivity contribution in [2.75, 3.05) is 11.6 Å². The summed E-state index contributed by atoms with van der Waals surface area (Å²) in [5.41, 5.74) is 2.73. The van der Waals surface area contributed by atoms with E-state index in [2.05, 4.69) is 22.4 Å². The fourth-order valence-electron chi connectivity index (χ4n) is 2.04. The van der Waals surface area contributed by atoms with Crippen molar-refractivity contribution in [3.63, 3.8) is 0 Å². The van der Waals surface area contributed by atoms with Gasteiger partial charge in [0, 0.05) is 33.7 Å². The van der Waals surface area contributed by atoms with Crippen LogP contribution in [-0.2, 0) is 0 Å². The summed E-state index contributed by atoms with van der Waals surface area (Å²) in [6.07, 6.45) is 2.04. The summed E-state index contributed by atoms with van der Waals surface area (Å²) in [6.45, 7) is 0. The monoisotopic (exact) mass is 343 g/mol. The predicted octanol–water partition coefficient (Wildman–Crippen LogP) is 5.18. The SMILES string of the molecule is CSc1cccc(Nc2nc(-c3ccc([N+](=O)[O-])cc3)cs2)c1. The van der Waals surface area contributed by atoms with E-state index in [1.165, 1.54) is 28.4 Å². The number of benzene rings is 2. The van der Waals surface area contributed by atoms with Crippen molar-refractivity contribution in [2.45, 2.75) is 4.90 Å². The van der Waals surface area contributed by atoms with Gasteiger partial charge in [0.15, 0.2) is 5.13 Å². The van der Waals surface area contributed by atoms with Crippen LogP contribution in [0.25, 0.3) is 11.3 Å². The highest BCUT2D eigenvalue weighted by molar-refractivity contribution is 7.98. The minimum atomic E-state index is -0.406. The van der Waals surface area contributed by atoms with Crippen LogP contribution in [0.2, 0.25) is 0 Å². The van der Waals surface area contributed by atoms with Crippen LogP contribution in [0.15, 0.2) is 58.8 Å². The van der Waals surface area contributed by atoms with Gasteiger partial charge in [0.2, 0.25) is 0 Å². The van der Waals surface area contributed by atoms with Gasteiger partial charge in [-0.1, -0.05) is 6.07 Å². The number of thioether (sulfide) groups is 1. The number of nitrogens with zero attached hydrogens (tertiary/aromatic N) is 2. The first kappa shape index (κ1) is 15.5. The first-order valence-corrected chi connectivity index (χ1v) is 8.87. The van der Waals surface area contributed by atoms with E-state index in [1.54, 1.807) is 23.9 Å². The normalized spacial score (nSPS) is 10.5. The van der Waals surface area contributed by atoms with Crippen LogP contribution < -0.4 is 5.32 Å². The number of hydrogen-bond acceptors (Lipinski definition) is 6. The van der Waals surface area contributed by atoms with Gasteiger partial charge in [0.25, 0.3) is 5.69 Å². The van der Waals surface area contributed by atoms with Crippen LogP contribution in [0, 0.1) is 10.1 Å². The van der Waals surface area contributed by atoms with E-state index < -0.39 is 4.92 Å². The number of nitro benzene ring substituents is 1. The molecule has 0 radical (unpaired) electrons. The van der Waals surface area contributed by atoms with E-state index in [0.29, 0.717) is 0 Å². The molecule has 0 unspecified atom stereocenters. The summed E-state index contributed by atoms with van der Waals surface area (Å²) in [7, 11) is 0. The molecule has 1 aromatic heterocycles. The Balaban J connectivity index is 1.78. The predicted molar refractivity (Wildman–Crippen MR) is 95.7 cm³/mol. The Labute approximate surface area is 141 Å². The molecule has 0 aliphatic rings. The molecule has 0 amide bonds. The third-order valence-electron chi connectivity index (χ3n) is 3.20. The Kier molecular flexibility index (Phi) is 4.59. The van der Waals surface area contributed by atoms with Gasteiger partial charge in [-0.15, -0.1) is 23.1 Å². The molecule has 0 spiro atoms. The molecule has 1 N–H and O–H groups in total. The number of thiazole rings is 1. The Bertz CT molecular complexity index is 831. The van der Waals surface area contributed by atoms with E-state index in [4.69, 9.17) is 0 Å². The summed E-state index contributed by atoms with van der Waals surface area (Å²) in [6, 6.07) is 14.5. The number of rotatable bonds is 5. The largest absolute Gasteiger partial charge is 0.332 e. The van der Waals surface area contributed by atoms with Crippen LogP contribution in [0.5, 0.6) is 0 Å². The molecular formula is C16H13N3O2S2. The maximum atomic E-state index is 10.7. The standard InChI is InChI=1S/C16H13N3O2S2/c1-22-14-4-2-3-12(9-14)17-16-18-15(10-23-16)11-5-7-13(8-6-11)19(20)21/h2-10H,1H3,(H,17,18). The van der Waals surface area contributed by atoms with E-state index in [-0.39, 0.29) is 5.69 Å². The highest BCUT2D eigenvalue weighted by Gasteiger charge is 2.08. The molecule has 2 aromatic carbocycles. The topological polar surface area (TPSA) is 68.1 Å². The highest BCUT2D eigenvalue weighted by atomic mass is 32.2. The molecule has 116 valence electrons. The molecule has 23 heavy (non-hydrogen) atoms. The van der Waals surface area contributed by atoms with Crippen LogP contribution in [0.1, 0.15) is 0 Å². The summed E-state index contributed by atoms with van der Waals surface area (Å²) in [5, 5.41) is 16.7. The maximum Gasteiger partial charge on any atom is 0.269 e. The smallest absolute Gasteiger partial charge is 0.269 e. The molecule has 0 bridgehead atoms. The van der Waals surface area contributed by atoms with Crippen LogP contribution in [0.3, 0.4) is 0 Å². The molecule has 1 heterocycles. The van der Waals surface area contributed by atoms with Crippen molar-refractivity contribution >= 4 is 39.6 Å². The van der Waals surface area contributed by atoms with Gasteiger partial charge in [-0.05, 0) is 36.6 Å². The van der Waals surface area contributed by atoms with E-state index in [1.807, 2.05) is 23.8 Å². The summed E-state index contributed by atoms with van der Waals surface area (Å²) in [4.78, 5) is 16.0. The first-order chi connectivity index (χ1) is 11.2. The zero-order chi connectivity index (χ0) is 16.2. The molecule has 3 aromatic rings. The van der Waals surface area contributed by atoms with Crippen molar-refractivity contribution < 1.29 is 4.92 Å². The number of aromatic nitrogens is 1. The van der Waals surface area contributed by atoms with Gasteiger partial charge in [0.05, 0.1) is 10.6 Å². The molecule has 5 nitrogen and oxygen atoms in total. The van der Waals surface area contributed by atoms with Crippen molar-refractivity contribution in [3.05, 3.63) is 64.0 Å². The molecule has 0 aliphatic carbocycles. The molecule has 0 atom stereocenters. The number of nitrogens with one attached hydrogen (secondary N) is 1. The van der Waals surface area contributed by atoms with Gasteiger partial charge >= 0.3 is 0 Å². The third-order valence-corrected chi connectivity index (χ3v) is 4.68. The Morgan fingerprint density at radius 1 is 1.22 bits per heavy atom. The maximum absolute atomic E-state index is 10.7. The minimum Gasteiger partial charge on any atom is -0.332 e. The molecule has 0 saturated carbocycles. The molecule has 0 saturated heterocycles. The van der Waals surface area contributed by atoms with E-state index in [0.717, 1.165) is 22.1 Å². The summed E-state index contributed by atoms with van der Waals surface area (Å²) < 4.78 is 0. The quantitative estimate of drug-likeness (QED) is 0.392. The Morgan fingerprint density at radius 2 is 2.00 bits per heavy atom. The molecule has 3 rings (SSSR count). The lowest BCUT2D eigenvalue weighted by atomic mass is 10.1. The number of non-ortho nitro benzene ring substituents is 1. The van der Waals surface area contributed by atoms with Gasteiger partial charge in [-0.3, -0.25) is 10.1 Å². The number of hydrogen-bond donors (Lipinski definition) is 1. The number of anilines is 2. The lowest BCUT2D eigenvalue weighted by molar-refractivity contribution is -0.384. The van der Waals surface area contributed by atoms with E-state index in [9.17, 15) is 10.1 Å². The van der Waals surface area contributed by atoms with E-state index >= 15 is 0 Å². The third kappa shape index (κ3) is 3.69. The lowest BCUT2D eigenvalue weighted by Crippen LogP contribution is -1.90. The van der Waals surface area contributed by atoms with Gasteiger partial charge < -0.3 is 5.32 Å². The first-order valence-electron chi connectivity index (χ1n) is 6.77. The lowest BCUT2D eigenvalue weighted by Gasteiger charge is -2.04. The Hall–Kier alpha value is -2.38. The van der Waals surface area contributed by atoms with Gasteiger partial charge in [-0.25, -0.2) is 4.98 Å². The average molecular weight is 343 g/mol. The summed E-state index contributed by atoms with van der Waals surface area (Å²) in [5.74, 6) is 0. The molecule has 0 aliphatic heterocycles. The molecular weight excluding hydrogens is 330 g/mol. The fraction of sp³-hybridized carbons (Fsp3) is 0.0625. The number of nitro groups is 1. The van der Waals surface area contributed by atoms with Crippen molar-refractivity contribution in [3.8, 4) is 11.3 Å². The minimum absolute atomic E-state index is 0.0798. The second-order valence-corrected chi connectivity index (χ2v) is 6.44. The Morgan fingerprint density at radius 3 is 2.70 bits per heavy atom.